The van der Waals surface area contributed by atoms with Crippen LogP contribution in [0.25, 0.3) is 0 Å². The zero-order valence-electron chi connectivity index (χ0n) is 14.5. The number of fused-ring (bicyclic) bond motifs is 1. The number of hydrogen-bond acceptors (Lipinski definition) is 7. The van der Waals surface area contributed by atoms with Crippen LogP contribution in [0, 0.1) is 6.92 Å². The van der Waals surface area contributed by atoms with E-state index in [9.17, 15) is 4.79 Å². The Hall–Kier alpha value is -3.23. The van der Waals surface area contributed by atoms with Crippen LogP contribution in [-0.2, 0) is 13.2 Å². The lowest BCUT2D eigenvalue weighted by Crippen LogP contribution is -2.41. The number of ether oxygens (including phenoxy) is 1. The number of rotatable bonds is 4. The zero-order chi connectivity index (χ0) is 18.1. The number of aryl methyl sites for hydroxylation is 1. The number of hydrogen-bond donors (Lipinski definition) is 0. The Morgan fingerprint density at radius 3 is 2.92 bits per heavy atom. The van der Waals surface area contributed by atoms with Crippen molar-refractivity contribution in [3.63, 3.8) is 0 Å². The maximum atomic E-state index is 12.5. The predicted octanol–water partition coefficient (Wildman–Crippen LogP) is 1.77. The minimum Gasteiger partial charge on any atom is -0.484 e. The van der Waals surface area contributed by atoms with Crippen LogP contribution in [0.4, 0.5) is 0 Å². The fraction of sp³-hybridized carbons (Fsp3) is 0.353. The van der Waals surface area contributed by atoms with E-state index in [0.29, 0.717) is 31.1 Å². The lowest BCUT2D eigenvalue weighted by Gasteiger charge is -2.33. The number of oxazole rings is 1. The number of pyridine rings is 1. The van der Waals surface area contributed by atoms with Gasteiger partial charge in [0, 0.05) is 18.8 Å². The van der Waals surface area contributed by atoms with Gasteiger partial charge in [-0.25, -0.2) is 4.98 Å². The van der Waals surface area contributed by atoms with Crippen LogP contribution in [0.1, 0.15) is 40.8 Å². The highest BCUT2D eigenvalue weighted by Gasteiger charge is 2.32. The highest BCUT2D eigenvalue weighted by Crippen LogP contribution is 2.26. The van der Waals surface area contributed by atoms with Crippen LogP contribution in [0.2, 0.25) is 0 Å². The van der Waals surface area contributed by atoms with Gasteiger partial charge in [0.1, 0.15) is 18.6 Å². The van der Waals surface area contributed by atoms with Crippen LogP contribution in [0.3, 0.4) is 0 Å². The van der Waals surface area contributed by atoms with E-state index in [1.165, 1.54) is 12.7 Å². The molecule has 0 aromatic carbocycles. The van der Waals surface area contributed by atoms with Crippen LogP contribution in [0.5, 0.6) is 5.75 Å². The predicted molar refractivity (Wildman–Crippen MR) is 89.3 cm³/mol. The van der Waals surface area contributed by atoms with Crippen molar-refractivity contribution in [2.45, 2.75) is 33.0 Å². The van der Waals surface area contributed by atoms with Gasteiger partial charge >= 0.3 is 0 Å². The molecular weight excluding hydrogens is 336 g/mol. The summed E-state index contributed by atoms with van der Waals surface area (Å²) >= 11 is 0. The Balaban J connectivity index is 1.48. The molecule has 0 unspecified atom stereocenters. The van der Waals surface area contributed by atoms with Gasteiger partial charge in [-0.05, 0) is 26.0 Å². The summed E-state index contributed by atoms with van der Waals surface area (Å²) in [6.07, 6.45) is 4.28. The summed E-state index contributed by atoms with van der Waals surface area (Å²) in [6.45, 7) is 5.28. The summed E-state index contributed by atoms with van der Waals surface area (Å²) in [5.74, 6) is 1.96. The van der Waals surface area contributed by atoms with Gasteiger partial charge in [0.15, 0.2) is 23.7 Å². The van der Waals surface area contributed by atoms with E-state index < -0.39 is 0 Å². The van der Waals surface area contributed by atoms with Crippen molar-refractivity contribution in [3.05, 3.63) is 54.0 Å². The lowest BCUT2D eigenvalue weighted by atomic mass is 10.2. The van der Waals surface area contributed by atoms with Crippen molar-refractivity contribution < 1.29 is 13.9 Å². The molecule has 0 saturated carbocycles. The molecule has 0 saturated heterocycles. The molecule has 0 spiro atoms. The van der Waals surface area contributed by atoms with E-state index in [1.807, 2.05) is 30.5 Å². The normalized spacial score (nSPS) is 16.4. The molecular formula is C17H18N6O3. The van der Waals surface area contributed by atoms with Gasteiger partial charge in [0.05, 0.1) is 12.2 Å². The third-order valence-electron chi connectivity index (χ3n) is 4.43. The Labute approximate surface area is 149 Å². The highest BCUT2D eigenvalue weighted by atomic mass is 16.5. The molecule has 0 bridgehead atoms. The minimum absolute atomic E-state index is 0.177. The second-order valence-electron chi connectivity index (χ2n) is 6.10. The first-order valence-electron chi connectivity index (χ1n) is 8.30. The summed E-state index contributed by atoms with van der Waals surface area (Å²) in [4.78, 5) is 22.4. The summed E-state index contributed by atoms with van der Waals surface area (Å²) in [6, 6.07) is 3.55. The molecule has 9 nitrogen and oxygen atoms in total. The van der Waals surface area contributed by atoms with Crippen LogP contribution >= 0.6 is 0 Å². The Kier molecular flexibility index (Phi) is 4.11. The first-order chi connectivity index (χ1) is 12.6. The van der Waals surface area contributed by atoms with Gasteiger partial charge in [-0.1, -0.05) is 0 Å². The van der Waals surface area contributed by atoms with Crippen molar-refractivity contribution in [2.24, 2.45) is 0 Å². The fourth-order valence-electron chi connectivity index (χ4n) is 2.98. The molecule has 0 radical (unpaired) electrons. The van der Waals surface area contributed by atoms with E-state index in [0.717, 1.165) is 17.3 Å². The number of nitrogens with zero attached hydrogens (tertiary/aromatic N) is 6. The monoisotopic (exact) mass is 354 g/mol. The summed E-state index contributed by atoms with van der Waals surface area (Å²) < 4.78 is 12.7. The molecule has 3 aromatic rings. The van der Waals surface area contributed by atoms with Gasteiger partial charge < -0.3 is 18.6 Å². The standard InChI is InChI=1S/C17H18N6O3/c1-11-3-4-13(7-18-11)26-9-15-20-21-16-12(2)22(5-6-23(15)16)17(24)14-8-25-10-19-14/h3-4,7-8,10,12H,5-6,9H2,1-2H3/t12-/m1/s1. The van der Waals surface area contributed by atoms with Gasteiger partial charge in [0.2, 0.25) is 0 Å². The number of aromatic nitrogens is 5. The van der Waals surface area contributed by atoms with Crippen LogP contribution in [0.15, 0.2) is 35.4 Å². The van der Waals surface area contributed by atoms with Crippen molar-refractivity contribution >= 4 is 5.91 Å². The molecule has 9 heteroatoms. The minimum atomic E-state index is -0.213. The van der Waals surface area contributed by atoms with Crippen molar-refractivity contribution in [2.75, 3.05) is 6.54 Å². The molecule has 26 heavy (non-hydrogen) atoms. The summed E-state index contributed by atoms with van der Waals surface area (Å²) in [5.41, 5.74) is 1.23. The van der Waals surface area contributed by atoms with Crippen molar-refractivity contribution in [1.29, 1.82) is 0 Å². The first-order valence-corrected chi connectivity index (χ1v) is 8.30. The Morgan fingerprint density at radius 1 is 1.31 bits per heavy atom. The maximum absolute atomic E-state index is 12.5. The molecule has 1 aliphatic heterocycles. The quantitative estimate of drug-likeness (QED) is 0.704. The summed E-state index contributed by atoms with van der Waals surface area (Å²) in [5, 5.41) is 8.49. The number of carbonyl (C=O) groups is 1. The fourth-order valence-corrected chi connectivity index (χ4v) is 2.98. The molecule has 4 rings (SSSR count). The number of carbonyl (C=O) groups excluding carboxylic acids is 1. The molecule has 134 valence electrons. The van der Waals surface area contributed by atoms with Crippen molar-refractivity contribution in [3.8, 4) is 5.75 Å². The summed E-state index contributed by atoms with van der Waals surface area (Å²) in [7, 11) is 0. The second kappa shape index (κ2) is 6.58. The van der Waals surface area contributed by atoms with E-state index >= 15 is 0 Å². The second-order valence-corrected chi connectivity index (χ2v) is 6.10. The smallest absolute Gasteiger partial charge is 0.276 e. The molecule has 0 aliphatic carbocycles. The van der Waals surface area contributed by atoms with Gasteiger partial charge in [0.25, 0.3) is 5.91 Å². The molecule has 0 N–H and O–H groups in total. The first kappa shape index (κ1) is 16.2. The van der Waals surface area contributed by atoms with Crippen LogP contribution in [-0.4, -0.2) is 42.1 Å². The third kappa shape index (κ3) is 2.92. The van der Waals surface area contributed by atoms with Gasteiger partial charge in [-0.2, -0.15) is 0 Å². The SMILES string of the molecule is Cc1ccc(OCc2nnc3n2CCN(C(=O)c2cocn2)[C@@H]3C)cn1. The average Bonchev–Trinajstić information content (AvgIpc) is 3.31. The highest BCUT2D eigenvalue weighted by molar-refractivity contribution is 5.92. The molecule has 4 heterocycles. The molecule has 1 aliphatic rings. The van der Waals surface area contributed by atoms with Gasteiger partial charge in [-0.15, -0.1) is 10.2 Å². The lowest BCUT2D eigenvalue weighted by molar-refractivity contribution is 0.0628. The molecule has 0 fully saturated rings. The zero-order valence-corrected chi connectivity index (χ0v) is 14.5. The van der Waals surface area contributed by atoms with Crippen molar-refractivity contribution in [1.82, 2.24) is 29.6 Å². The van der Waals surface area contributed by atoms with E-state index in [1.54, 1.807) is 11.1 Å². The average molecular weight is 354 g/mol. The molecule has 1 atom stereocenters. The molecule has 1 amide bonds. The Morgan fingerprint density at radius 2 is 2.19 bits per heavy atom. The number of amides is 1. The van der Waals surface area contributed by atoms with E-state index in [-0.39, 0.29) is 11.9 Å². The van der Waals surface area contributed by atoms with Gasteiger partial charge in [-0.3, -0.25) is 9.78 Å². The maximum Gasteiger partial charge on any atom is 0.276 e. The third-order valence-corrected chi connectivity index (χ3v) is 4.43. The molecule has 3 aromatic heterocycles. The van der Waals surface area contributed by atoms with Crippen LogP contribution < -0.4 is 4.74 Å². The Bertz CT molecular complexity index is 903. The van der Waals surface area contributed by atoms with E-state index in [4.69, 9.17) is 9.15 Å². The topological polar surface area (TPSA) is 99.2 Å². The largest absolute Gasteiger partial charge is 0.484 e. The van der Waals surface area contributed by atoms with E-state index in [2.05, 4.69) is 20.2 Å².